The van der Waals surface area contributed by atoms with Gasteiger partial charge in [-0.2, -0.15) is 0 Å². The zero-order valence-electron chi connectivity index (χ0n) is 13.7. The maximum absolute atomic E-state index is 13.8. The van der Waals surface area contributed by atoms with Gasteiger partial charge in [-0.1, -0.05) is 33.6 Å². The molecule has 0 saturated heterocycles. The molecule has 0 N–H and O–H groups in total. The van der Waals surface area contributed by atoms with Crippen LogP contribution < -0.4 is 4.74 Å². The summed E-state index contributed by atoms with van der Waals surface area (Å²) in [6.07, 6.45) is 0. The molecule has 2 aromatic carbocycles. The number of halogens is 3. The summed E-state index contributed by atoms with van der Waals surface area (Å²) in [6, 6.07) is 9.32. The van der Waals surface area contributed by atoms with E-state index < -0.39 is 5.82 Å². The summed E-state index contributed by atoms with van der Waals surface area (Å²) in [4.78, 5) is 25.2. The molecule has 0 unspecified atom stereocenters. The Kier molecular flexibility index (Phi) is 6.56. The lowest BCUT2D eigenvalue weighted by Gasteiger charge is -2.19. The first-order chi connectivity index (χ1) is 11.8. The number of nitrogens with zero attached hydrogens (tertiary/aromatic N) is 1. The molecule has 1 amide bonds. The third-order valence-electron chi connectivity index (χ3n) is 3.55. The Labute approximate surface area is 158 Å². The Balaban J connectivity index is 2.04. The van der Waals surface area contributed by atoms with Crippen LogP contribution in [0.25, 0.3) is 0 Å². The van der Waals surface area contributed by atoms with Gasteiger partial charge in [0.15, 0.2) is 12.4 Å². The van der Waals surface area contributed by atoms with E-state index in [1.165, 1.54) is 31.0 Å². The highest BCUT2D eigenvalue weighted by Gasteiger charge is 2.16. The smallest absolute Gasteiger partial charge is 0.260 e. The maximum atomic E-state index is 13.8. The zero-order chi connectivity index (χ0) is 18.6. The third-order valence-corrected chi connectivity index (χ3v) is 4.40. The monoisotopic (exact) mass is 427 g/mol. The van der Waals surface area contributed by atoms with Gasteiger partial charge in [-0.05, 0) is 37.3 Å². The molecule has 0 atom stereocenters. The summed E-state index contributed by atoms with van der Waals surface area (Å²) in [6.45, 7) is 1.17. The molecule has 0 heterocycles. The second-order valence-electron chi connectivity index (χ2n) is 5.44. The Morgan fingerprint density at radius 1 is 1.28 bits per heavy atom. The van der Waals surface area contributed by atoms with E-state index in [2.05, 4.69) is 15.9 Å². The lowest BCUT2D eigenvalue weighted by atomic mass is 10.1. The van der Waals surface area contributed by atoms with Crippen molar-refractivity contribution in [2.24, 2.45) is 0 Å². The number of Topliss-reactive ketones (excluding diaryl/α,β-unsaturated/α-hetero) is 1. The minimum absolute atomic E-state index is 0.0214. The van der Waals surface area contributed by atoms with Crippen LogP contribution >= 0.6 is 27.5 Å². The van der Waals surface area contributed by atoms with Crippen molar-refractivity contribution in [1.29, 1.82) is 0 Å². The molecular weight excluding hydrogens is 413 g/mol. The molecule has 7 heteroatoms. The molecule has 0 aliphatic rings. The SMILES string of the molecule is CC(=O)c1cc(Br)ccc1OCC(=O)N(C)Cc1c(F)cccc1Cl. The standard InChI is InChI=1S/C18H16BrClFNO3/c1-11(23)13-8-12(19)6-7-17(13)25-10-18(24)22(2)9-14-15(20)4-3-5-16(14)21/h3-8H,9-10H2,1-2H3. The normalized spacial score (nSPS) is 10.4. The molecule has 25 heavy (non-hydrogen) atoms. The predicted octanol–water partition coefficient (Wildman–Crippen LogP) is 4.48. The van der Waals surface area contributed by atoms with Crippen LogP contribution in [-0.4, -0.2) is 30.2 Å². The molecule has 0 bridgehead atoms. The van der Waals surface area contributed by atoms with Gasteiger partial charge in [0, 0.05) is 28.7 Å². The Morgan fingerprint density at radius 2 is 2.00 bits per heavy atom. The van der Waals surface area contributed by atoms with E-state index >= 15 is 0 Å². The molecule has 0 saturated carbocycles. The number of carbonyl (C=O) groups excluding carboxylic acids is 2. The van der Waals surface area contributed by atoms with Gasteiger partial charge >= 0.3 is 0 Å². The van der Waals surface area contributed by atoms with E-state index in [1.807, 2.05) is 0 Å². The van der Waals surface area contributed by atoms with Gasteiger partial charge in [-0.15, -0.1) is 0 Å². The van der Waals surface area contributed by atoms with Crippen molar-refractivity contribution in [1.82, 2.24) is 4.90 Å². The van der Waals surface area contributed by atoms with Gasteiger partial charge in [0.05, 0.1) is 5.56 Å². The first kappa shape index (κ1) is 19.4. The number of hydrogen-bond acceptors (Lipinski definition) is 3. The molecule has 2 aromatic rings. The Morgan fingerprint density at radius 3 is 2.64 bits per heavy atom. The van der Waals surface area contributed by atoms with Crippen LogP contribution in [0.3, 0.4) is 0 Å². The van der Waals surface area contributed by atoms with E-state index in [-0.39, 0.29) is 35.4 Å². The van der Waals surface area contributed by atoms with Gasteiger partial charge < -0.3 is 9.64 Å². The maximum Gasteiger partial charge on any atom is 0.260 e. The number of ketones is 1. The van der Waals surface area contributed by atoms with E-state index in [0.29, 0.717) is 11.3 Å². The number of benzene rings is 2. The number of ether oxygens (including phenoxy) is 1. The summed E-state index contributed by atoms with van der Waals surface area (Å²) >= 11 is 9.26. The third kappa shape index (κ3) is 5.03. The highest BCUT2D eigenvalue weighted by Crippen LogP contribution is 2.24. The van der Waals surface area contributed by atoms with Crippen LogP contribution in [0, 0.1) is 5.82 Å². The quantitative estimate of drug-likeness (QED) is 0.637. The average Bonchev–Trinajstić information content (AvgIpc) is 2.56. The molecule has 0 aliphatic heterocycles. The summed E-state index contributed by atoms with van der Waals surface area (Å²) in [5.41, 5.74) is 0.620. The second-order valence-corrected chi connectivity index (χ2v) is 6.76. The molecular formula is C18H16BrClFNO3. The molecule has 4 nitrogen and oxygen atoms in total. The van der Waals surface area contributed by atoms with Crippen LogP contribution in [0.15, 0.2) is 40.9 Å². The summed E-state index contributed by atoms with van der Waals surface area (Å²) < 4.78 is 20.0. The van der Waals surface area contributed by atoms with E-state index in [1.54, 1.807) is 24.3 Å². The topological polar surface area (TPSA) is 46.6 Å². The average molecular weight is 429 g/mol. The summed E-state index contributed by atoms with van der Waals surface area (Å²) in [7, 11) is 1.53. The van der Waals surface area contributed by atoms with Crippen molar-refractivity contribution >= 4 is 39.2 Å². The zero-order valence-corrected chi connectivity index (χ0v) is 16.0. The number of carbonyl (C=O) groups is 2. The van der Waals surface area contributed by atoms with E-state index in [0.717, 1.165) is 4.47 Å². The van der Waals surface area contributed by atoms with Crippen LogP contribution in [-0.2, 0) is 11.3 Å². The molecule has 132 valence electrons. The molecule has 0 fully saturated rings. The predicted molar refractivity (Wildman–Crippen MR) is 97.5 cm³/mol. The fourth-order valence-electron chi connectivity index (χ4n) is 2.16. The number of hydrogen-bond donors (Lipinski definition) is 0. The van der Waals surface area contributed by atoms with Crippen LogP contribution in [0.4, 0.5) is 4.39 Å². The minimum atomic E-state index is -0.472. The van der Waals surface area contributed by atoms with Gasteiger partial charge in [-0.25, -0.2) is 4.39 Å². The van der Waals surface area contributed by atoms with Crippen molar-refractivity contribution in [2.75, 3.05) is 13.7 Å². The summed E-state index contributed by atoms with van der Waals surface area (Å²) in [5, 5.41) is 0.257. The second kappa shape index (κ2) is 8.45. The highest BCUT2D eigenvalue weighted by atomic mass is 79.9. The first-order valence-electron chi connectivity index (χ1n) is 7.39. The fourth-order valence-corrected chi connectivity index (χ4v) is 2.75. The Hall–Kier alpha value is -1.92. The fraction of sp³-hybridized carbons (Fsp3) is 0.222. The molecule has 0 aromatic heterocycles. The van der Waals surface area contributed by atoms with Gasteiger partial charge in [-0.3, -0.25) is 9.59 Å². The minimum Gasteiger partial charge on any atom is -0.483 e. The molecule has 0 spiro atoms. The van der Waals surface area contributed by atoms with Crippen molar-refractivity contribution in [3.05, 3.63) is 62.8 Å². The molecule has 0 radical (unpaired) electrons. The van der Waals surface area contributed by atoms with Crippen molar-refractivity contribution < 1.29 is 18.7 Å². The first-order valence-corrected chi connectivity index (χ1v) is 8.57. The number of likely N-dealkylation sites (N-methyl/N-ethyl adjacent to an activating group) is 1. The number of amides is 1. The highest BCUT2D eigenvalue weighted by molar-refractivity contribution is 9.10. The largest absolute Gasteiger partial charge is 0.483 e. The van der Waals surface area contributed by atoms with Gasteiger partial charge in [0.1, 0.15) is 11.6 Å². The van der Waals surface area contributed by atoms with E-state index in [4.69, 9.17) is 16.3 Å². The number of rotatable bonds is 6. The van der Waals surface area contributed by atoms with Gasteiger partial charge in [0.2, 0.25) is 0 Å². The summed E-state index contributed by atoms with van der Waals surface area (Å²) in [5.74, 6) is -0.687. The van der Waals surface area contributed by atoms with Crippen molar-refractivity contribution in [2.45, 2.75) is 13.5 Å². The van der Waals surface area contributed by atoms with E-state index in [9.17, 15) is 14.0 Å². The lowest BCUT2D eigenvalue weighted by molar-refractivity contribution is -0.132. The van der Waals surface area contributed by atoms with Crippen LogP contribution in [0.2, 0.25) is 5.02 Å². The van der Waals surface area contributed by atoms with Crippen molar-refractivity contribution in [3.63, 3.8) is 0 Å². The molecule has 2 rings (SSSR count). The van der Waals surface area contributed by atoms with Crippen LogP contribution in [0.1, 0.15) is 22.8 Å². The van der Waals surface area contributed by atoms with Crippen LogP contribution in [0.5, 0.6) is 5.75 Å². The van der Waals surface area contributed by atoms with Crippen molar-refractivity contribution in [3.8, 4) is 5.75 Å². The molecule has 0 aliphatic carbocycles. The lowest BCUT2D eigenvalue weighted by Crippen LogP contribution is -2.31. The Bertz CT molecular complexity index is 793. The van der Waals surface area contributed by atoms with Gasteiger partial charge in [0.25, 0.3) is 5.91 Å².